The fraction of sp³-hybridized carbons (Fsp3) is 0.417. The van der Waals surface area contributed by atoms with Crippen molar-refractivity contribution >= 4 is 5.94 Å². The summed E-state index contributed by atoms with van der Waals surface area (Å²) >= 11 is 0. The van der Waals surface area contributed by atoms with Crippen LogP contribution in [0.1, 0.15) is 31.7 Å². The minimum absolute atomic E-state index is 0.526. The summed E-state index contributed by atoms with van der Waals surface area (Å²) < 4.78 is 0. The summed E-state index contributed by atoms with van der Waals surface area (Å²) in [4.78, 5) is 16.1. The zero-order valence-electron chi connectivity index (χ0n) is 16.6. The fourth-order valence-corrected chi connectivity index (χ4v) is 3.77. The van der Waals surface area contributed by atoms with E-state index >= 15 is 0 Å². The lowest BCUT2D eigenvalue weighted by molar-refractivity contribution is 0.156. The molecular formula is C24H32N2O. The van der Waals surface area contributed by atoms with Crippen molar-refractivity contribution in [1.82, 2.24) is 9.80 Å². The zero-order chi connectivity index (χ0) is 19.5. The Morgan fingerprint density at radius 2 is 2.11 bits per heavy atom. The molecule has 0 spiro atoms. The molecule has 1 saturated heterocycles. The largest absolute Gasteiger partial charge is 0.336 e. The van der Waals surface area contributed by atoms with Crippen molar-refractivity contribution in [3.05, 3.63) is 78.7 Å². The Balaban J connectivity index is 2.01. The maximum atomic E-state index is 11.5. The molecule has 27 heavy (non-hydrogen) atoms. The number of allylic oxidation sites excluding steroid dienone is 4. The lowest BCUT2D eigenvalue weighted by Gasteiger charge is -2.36. The highest BCUT2D eigenvalue weighted by molar-refractivity contribution is 5.53. The first-order chi connectivity index (χ1) is 13.2. The quantitative estimate of drug-likeness (QED) is 0.447. The molecule has 0 N–H and O–H groups in total. The average Bonchev–Trinajstić information content (AvgIpc) is 2.72. The molecule has 0 saturated carbocycles. The second-order valence-electron chi connectivity index (χ2n) is 7.09. The topological polar surface area (TPSA) is 23.6 Å². The van der Waals surface area contributed by atoms with Crippen molar-refractivity contribution in [1.29, 1.82) is 0 Å². The summed E-state index contributed by atoms with van der Waals surface area (Å²) in [6, 6.07) is 10.7. The summed E-state index contributed by atoms with van der Waals surface area (Å²) in [5, 5.41) is 0. The van der Waals surface area contributed by atoms with E-state index in [1.807, 2.05) is 13.0 Å². The second kappa shape index (κ2) is 11.4. The molecule has 0 aliphatic carbocycles. The molecule has 1 atom stereocenters. The molecule has 1 aromatic carbocycles. The average molecular weight is 365 g/mol. The Hall–Kier alpha value is -2.35. The van der Waals surface area contributed by atoms with E-state index in [1.165, 1.54) is 18.4 Å². The summed E-state index contributed by atoms with van der Waals surface area (Å²) in [5.41, 5.74) is 3.00. The van der Waals surface area contributed by atoms with Crippen LogP contribution in [0.3, 0.4) is 0 Å². The Kier molecular flexibility index (Phi) is 8.83. The van der Waals surface area contributed by atoms with Crippen LogP contribution in [0.15, 0.2) is 73.1 Å². The highest BCUT2D eigenvalue weighted by atomic mass is 16.1. The van der Waals surface area contributed by atoms with E-state index in [0.29, 0.717) is 18.0 Å². The standard InChI is InChI=1S/C24H32N2O/c1-4-11-23(5-2)26(24(6-3)20-27)19-22-14-10-16-25(18-22)17-15-21-12-8-7-9-13-21/h4-5,7-9,11-13,22H,1-2,6,10,14-19H2,3H3/b23-11+. The van der Waals surface area contributed by atoms with Crippen LogP contribution >= 0.6 is 0 Å². The molecule has 2 rings (SSSR count). The first-order valence-corrected chi connectivity index (χ1v) is 9.94. The Labute approximate surface area is 164 Å². The molecule has 1 fully saturated rings. The SMILES string of the molecule is C=C/C=C(\C=C)N(CC1CCCN(CCc2ccccc2)C1)C(=C=O)CC. The van der Waals surface area contributed by atoms with Crippen LogP contribution < -0.4 is 0 Å². The maximum absolute atomic E-state index is 11.5. The van der Waals surface area contributed by atoms with Gasteiger partial charge in [-0.15, -0.1) is 0 Å². The van der Waals surface area contributed by atoms with Gasteiger partial charge in [0.25, 0.3) is 0 Å². The van der Waals surface area contributed by atoms with E-state index in [-0.39, 0.29) is 0 Å². The molecule has 0 aromatic heterocycles. The summed E-state index contributed by atoms with van der Waals surface area (Å²) in [6.07, 6.45) is 9.59. The number of hydrogen-bond acceptors (Lipinski definition) is 3. The van der Waals surface area contributed by atoms with Gasteiger partial charge < -0.3 is 9.80 Å². The first kappa shape index (κ1) is 21.0. The molecule has 0 bridgehead atoms. The van der Waals surface area contributed by atoms with Crippen molar-refractivity contribution in [3.63, 3.8) is 0 Å². The second-order valence-corrected chi connectivity index (χ2v) is 7.09. The highest BCUT2D eigenvalue weighted by Gasteiger charge is 2.24. The number of likely N-dealkylation sites (tertiary alicyclic amines) is 1. The summed E-state index contributed by atoms with van der Waals surface area (Å²) in [5.74, 6) is 2.65. The molecule has 1 aromatic rings. The van der Waals surface area contributed by atoms with Gasteiger partial charge in [-0.05, 0) is 55.9 Å². The van der Waals surface area contributed by atoms with Crippen LogP contribution in [0.5, 0.6) is 0 Å². The van der Waals surface area contributed by atoms with E-state index in [2.05, 4.69) is 59.2 Å². The normalized spacial score (nSPS) is 17.8. The monoisotopic (exact) mass is 364 g/mol. The smallest absolute Gasteiger partial charge is 0.146 e. The van der Waals surface area contributed by atoms with Crippen molar-refractivity contribution < 1.29 is 4.79 Å². The predicted octanol–water partition coefficient (Wildman–Crippen LogP) is 4.62. The number of benzene rings is 1. The number of piperidine rings is 1. The van der Waals surface area contributed by atoms with Gasteiger partial charge in [0.2, 0.25) is 0 Å². The Morgan fingerprint density at radius 1 is 1.33 bits per heavy atom. The lowest BCUT2D eigenvalue weighted by atomic mass is 9.96. The van der Waals surface area contributed by atoms with Gasteiger partial charge in [-0.3, -0.25) is 0 Å². The third kappa shape index (κ3) is 6.39. The van der Waals surface area contributed by atoms with Crippen LogP contribution in [0.25, 0.3) is 0 Å². The molecule has 3 nitrogen and oxygen atoms in total. The van der Waals surface area contributed by atoms with Gasteiger partial charge in [-0.1, -0.05) is 56.5 Å². The van der Waals surface area contributed by atoms with Crippen LogP contribution in [0.4, 0.5) is 0 Å². The maximum Gasteiger partial charge on any atom is 0.146 e. The lowest BCUT2D eigenvalue weighted by Crippen LogP contribution is -2.41. The van der Waals surface area contributed by atoms with Gasteiger partial charge in [0.05, 0.1) is 0 Å². The van der Waals surface area contributed by atoms with Crippen LogP contribution in [-0.4, -0.2) is 41.9 Å². The third-order valence-corrected chi connectivity index (χ3v) is 5.19. The molecule has 3 heteroatoms. The van der Waals surface area contributed by atoms with E-state index in [0.717, 1.165) is 38.3 Å². The summed E-state index contributed by atoms with van der Waals surface area (Å²) in [6.45, 7) is 13.8. The van der Waals surface area contributed by atoms with Crippen LogP contribution in [0, 0.1) is 5.92 Å². The number of carbonyl (C=O) groups excluding carboxylic acids is 1. The van der Waals surface area contributed by atoms with E-state index in [4.69, 9.17) is 0 Å². The first-order valence-electron chi connectivity index (χ1n) is 9.94. The molecule has 1 unspecified atom stereocenters. The number of rotatable bonds is 10. The van der Waals surface area contributed by atoms with Crippen molar-refractivity contribution in [2.75, 3.05) is 26.2 Å². The molecule has 1 aliphatic heterocycles. The number of nitrogens with zero attached hydrogens (tertiary/aromatic N) is 2. The minimum Gasteiger partial charge on any atom is -0.336 e. The Morgan fingerprint density at radius 3 is 2.74 bits per heavy atom. The van der Waals surface area contributed by atoms with E-state index in [1.54, 1.807) is 12.2 Å². The van der Waals surface area contributed by atoms with Crippen molar-refractivity contribution in [2.24, 2.45) is 5.92 Å². The van der Waals surface area contributed by atoms with Crippen LogP contribution in [-0.2, 0) is 11.2 Å². The van der Waals surface area contributed by atoms with Gasteiger partial charge in [-0.2, -0.15) is 0 Å². The zero-order valence-corrected chi connectivity index (χ0v) is 16.6. The molecule has 0 radical (unpaired) electrons. The van der Waals surface area contributed by atoms with E-state index in [9.17, 15) is 4.79 Å². The highest BCUT2D eigenvalue weighted by Crippen LogP contribution is 2.23. The molecule has 1 aliphatic rings. The molecule has 1 heterocycles. The fourth-order valence-electron chi connectivity index (χ4n) is 3.77. The van der Waals surface area contributed by atoms with Crippen LogP contribution in [0.2, 0.25) is 0 Å². The van der Waals surface area contributed by atoms with Crippen molar-refractivity contribution in [2.45, 2.75) is 32.6 Å². The molecule has 144 valence electrons. The predicted molar refractivity (Wildman–Crippen MR) is 114 cm³/mol. The molecular weight excluding hydrogens is 332 g/mol. The van der Waals surface area contributed by atoms with Gasteiger partial charge >= 0.3 is 0 Å². The van der Waals surface area contributed by atoms with Crippen molar-refractivity contribution in [3.8, 4) is 0 Å². The minimum atomic E-state index is 0.526. The number of hydrogen-bond donors (Lipinski definition) is 0. The third-order valence-electron chi connectivity index (χ3n) is 5.19. The van der Waals surface area contributed by atoms with Gasteiger partial charge in [0.15, 0.2) is 0 Å². The summed E-state index contributed by atoms with van der Waals surface area (Å²) in [7, 11) is 0. The van der Waals surface area contributed by atoms with Gasteiger partial charge in [0.1, 0.15) is 11.6 Å². The van der Waals surface area contributed by atoms with Gasteiger partial charge in [0, 0.05) is 25.3 Å². The van der Waals surface area contributed by atoms with E-state index < -0.39 is 0 Å². The molecule has 0 amide bonds. The van der Waals surface area contributed by atoms with Gasteiger partial charge in [-0.25, -0.2) is 4.79 Å². The Bertz CT molecular complexity index is 686.